The number of alkyl halides is 3. The molecule has 0 saturated carbocycles. The molecule has 2 heterocycles. The summed E-state index contributed by atoms with van der Waals surface area (Å²) in [6, 6.07) is 8.43. The third-order valence-corrected chi connectivity index (χ3v) is 5.54. The van der Waals surface area contributed by atoms with Gasteiger partial charge in [-0.3, -0.25) is 9.59 Å². The molecular formula is C22H18ClF3N2O4. The predicted molar refractivity (Wildman–Crippen MR) is 111 cm³/mol. The summed E-state index contributed by atoms with van der Waals surface area (Å²) in [5, 5.41) is -0.399. The van der Waals surface area contributed by atoms with Gasteiger partial charge in [0.2, 0.25) is 12.7 Å². The van der Waals surface area contributed by atoms with E-state index in [4.69, 9.17) is 21.1 Å². The highest BCUT2D eigenvalue weighted by Gasteiger charge is 2.33. The molecule has 2 aliphatic rings. The van der Waals surface area contributed by atoms with Crippen LogP contribution in [0.1, 0.15) is 21.5 Å². The number of fused-ring (bicyclic) bond motifs is 1. The summed E-state index contributed by atoms with van der Waals surface area (Å²) in [4.78, 5) is 28.4. The first kappa shape index (κ1) is 22.0. The molecular weight excluding hydrogens is 449 g/mol. The van der Waals surface area contributed by atoms with Crippen LogP contribution in [0.3, 0.4) is 0 Å². The lowest BCUT2D eigenvalue weighted by Crippen LogP contribution is -2.50. The molecule has 4 rings (SSSR count). The SMILES string of the molecule is O=C(/C=C/c1ccc(Cl)c(C(F)(F)F)c1)N1CCN(C(=O)c2ccc3c(c2)OCO3)CC1. The monoisotopic (exact) mass is 466 g/mol. The second-order valence-corrected chi connectivity index (χ2v) is 7.66. The number of carbonyl (C=O) groups excluding carboxylic acids is 2. The maximum Gasteiger partial charge on any atom is 0.417 e. The van der Waals surface area contributed by atoms with E-state index in [0.717, 1.165) is 12.1 Å². The maximum atomic E-state index is 13.0. The molecule has 0 spiro atoms. The molecule has 0 atom stereocenters. The lowest BCUT2D eigenvalue weighted by molar-refractivity contribution is -0.137. The number of rotatable bonds is 3. The van der Waals surface area contributed by atoms with Crippen molar-refractivity contribution in [3.8, 4) is 11.5 Å². The van der Waals surface area contributed by atoms with Crippen LogP contribution in [0.4, 0.5) is 13.2 Å². The van der Waals surface area contributed by atoms with Gasteiger partial charge in [0.05, 0.1) is 10.6 Å². The maximum absolute atomic E-state index is 13.0. The molecule has 0 bridgehead atoms. The lowest BCUT2D eigenvalue weighted by Gasteiger charge is -2.34. The number of hydrogen-bond acceptors (Lipinski definition) is 4. The van der Waals surface area contributed by atoms with Crippen molar-refractivity contribution in [3.05, 3.63) is 64.2 Å². The van der Waals surface area contributed by atoms with Crippen molar-refractivity contribution in [1.82, 2.24) is 9.80 Å². The molecule has 10 heteroatoms. The largest absolute Gasteiger partial charge is 0.454 e. The topological polar surface area (TPSA) is 59.1 Å². The molecule has 0 aliphatic carbocycles. The van der Waals surface area contributed by atoms with Gasteiger partial charge >= 0.3 is 6.18 Å². The van der Waals surface area contributed by atoms with Crippen molar-refractivity contribution in [3.63, 3.8) is 0 Å². The van der Waals surface area contributed by atoms with Crippen molar-refractivity contribution in [2.45, 2.75) is 6.18 Å². The highest BCUT2D eigenvalue weighted by atomic mass is 35.5. The Bertz CT molecular complexity index is 1080. The van der Waals surface area contributed by atoms with Crippen LogP contribution in [0.2, 0.25) is 5.02 Å². The Hall–Kier alpha value is -3.20. The summed E-state index contributed by atoms with van der Waals surface area (Å²) in [5.74, 6) is 0.591. The average Bonchev–Trinajstić information content (AvgIpc) is 3.25. The van der Waals surface area contributed by atoms with Gasteiger partial charge in [0, 0.05) is 37.8 Å². The van der Waals surface area contributed by atoms with Crippen LogP contribution in [0.15, 0.2) is 42.5 Å². The first-order valence-corrected chi connectivity index (χ1v) is 10.1. The molecule has 0 N–H and O–H groups in total. The van der Waals surface area contributed by atoms with Crippen LogP contribution in [-0.4, -0.2) is 54.6 Å². The van der Waals surface area contributed by atoms with E-state index in [1.165, 1.54) is 18.2 Å². The van der Waals surface area contributed by atoms with Crippen LogP contribution < -0.4 is 9.47 Å². The summed E-state index contributed by atoms with van der Waals surface area (Å²) >= 11 is 5.61. The van der Waals surface area contributed by atoms with E-state index in [-0.39, 0.29) is 24.2 Å². The Morgan fingerprint density at radius 1 is 0.938 bits per heavy atom. The second kappa shape index (κ2) is 8.74. The zero-order chi connectivity index (χ0) is 22.9. The van der Waals surface area contributed by atoms with Crippen LogP contribution in [0, 0.1) is 0 Å². The summed E-state index contributed by atoms with van der Waals surface area (Å²) in [6.07, 6.45) is -2.04. The third kappa shape index (κ3) is 4.67. The number of benzene rings is 2. The zero-order valence-corrected chi connectivity index (χ0v) is 17.4. The van der Waals surface area contributed by atoms with Crippen molar-refractivity contribution < 1.29 is 32.2 Å². The number of piperazine rings is 1. The molecule has 2 amide bonds. The normalized spacial score (nSPS) is 16.0. The van der Waals surface area contributed by atoms with Gasteiger partial charge in [-0.2, -0.15) is 13.2 Å². The van der Waals surface area contributed by atoms with Crippen molar-refractivity contribution in [2.24, 2.45) is 0 Å². The van der Waals surface area contributed by atoms with E-state index in [2.05, 4.69) is 0 Å². The molecule has 2 aliphatic heterocycles. The molecule has 0 radical (unpaired) electrons. The van der Waals surface area contributed by atoms with Gasteiger partial charge in [-0.1, -0.05) is 17.7 Å². The molecule has 32 heavy (non-hydrogen) atoms. The van der Waals surface area contributed by atoms with Gasteiger partial charge in [0.1, 0.15) is 0 Å². The number of ether oxygens (including phenoxy) is 2. The fourth-order valence-electron chi connectivity index (χ4n) is 3.48. The highest BCUT2D eigenvalue weighted by molar-refractivity contribution is 6.31. The third-order valence-electron chi connectivity index (χ3n) is 5.21. The number of carbonyl (C=O) groups is 2. The number of amides is 2. The molecule has 168 valence electrons. The smallest absolute Gasteiger partial charge is 0.417 e. The fraction of sp³-hybridized carbons (Fsp3) is 0.273. The van der Waals surface area contributed by atoms with Crippen LogP contribution in [0.25, 0.3) is 6.08 Å². The first-order valence-electron chi connectivity index (χ1n) is 9.75. The summed E-state index contributed by atoms with van der Waals surface area (Å²) in [5.41, 5.74) is -0.270. The second-order valence-electron chi connectivity index (χ2n) is 7.26. The Labute approximate surface area is 186 Å². The van der Waals surface area contributed by atoms with Gasteiger partial charge in [0.15, 0.2) is 11.5 Å². The Kier molecular flexibility index (Phi) is 6.01. The molecule has 0 unspecified atom stereocenters. The zero-order valence-electron chi connectivity index (χ0n) is 16.7. The van der Waals surface area contributed by atoms with Gasteiger partial charge in [0.25, 0.3) is 5.91 Å². The minimum Gasteiger partial charge on any atom is -0.454 e. The van der Waals surface area contributed by atoms with Crippen LogP contribution >= 0.6 is 11.6 Å². The molecule has 0 aromatic heterocycles. The Balaban J connectivity index is 1.35. The van der Waals surface area contributed by atoms with E-state index in [0.29, 0.717) is 43.2 Å². The Morgan fingerprint density at radius 2 is 1.62 bits per heavy atom. The van der Waals surface area contributed by atoms with Crippen molar-refractivity contribution in [1.29, 1.82) is 0 Å². The van der Waals surface area contributed by atoms with E-state index < -0.39 is 16.8 Å². The molecule has 1 fully saturated rings. The predicted octanol–water partition coefficient (Wildman–Crippen LogP) is 4.09. The summed E-state index contributed by atoms with van der Waals surface area (Å²) < 4.78 is 49.5. The Morgan fingerprint density at radius 3 is 2.34 bits per heavy atom. The van der Waals surface area contributed by atoms with Gasteiger partial charge < -0.3 is 19.3 Å². The highest BCUT2D eigenvalue weighted by Crippen LogP contribution is 2.35. The minimum absolute atomic E-state index is 0.120. The lowest BCUT2D eigenvalue weighted by atomic mass is 10.1. The molecule has 1 saturated heterocycles. The molecule has 2 aromatic carbocycles. The van der Waals surface area contributed by atoms with Crippen LogP contribution in [-0.2, 0) is 11.0 Å². The fourth-order valence-corrected chi connectivity index (χ4v) is 3.70. The quantitative estimate of drug-likeness (QED) is 0.639. The molecule has 6 nitrogen and oxygen atoms in total. The molecule has 2 aromatic rings. The van der Waals surface area contributed by atoms with E-state index >= 15 is 0 Å². The first-order chi connectivity index (χ1) is 15.2. The van der Waals surface area contributed by atoms with Gasteiger partial charge in [-0.05, 0) is 42.0 Å². The number of hydrogen-bond donors (Lipinski definition) is 0. The van der Waals surface area contributed by atoms with E-state index in [9.17, 15) is 22.8 Å². The van der Waals surface area contributed by atoms with Gasteiger partial charge in [-0.15, -0.1) is 0 Å². The minimum atomic E-state index is -4.58. The summed E-state index contributed by atoms with van der Waals surface area (Å²) in [6.45, 7) is 1.43. The van der Waals surface area contributed by atoms with E-state index in [1.54, 1.807) is 28.0 Å². The van der Waals surface area contributed by atoms with Gasteiger partial charge in [-0.25, -0.2) is 0 Å². The van der Waals surface area contributed by atoms with Crippen molar-refractivity contribution in [2.75, 3.05) is 33.0 Å². The average molecular weight is 467 g/mol. The van der Waals surface area contributed by atoms with Crippen LogP contribution in [0.5, 0.6) is 11.5 Å². The summed E-state index contributed by atoms with van der Waals surface area (Å²) in [7, 11) is 0. The van der Waals surface area contributed by atoms with E-state index in [1.807, 2.05) is 0 Å². The number of nitrogens with zero attached hydrogens (tertiary/aromatic N) is 2. The van der Waals surface area contributed by atoms with Crippen molar-refractivity contribution >= 4 is 29.5 Å². The standard InChI is InChI=1S/C22H18ClF3N2O4/c23-17-4-1-14(11-16(17)22(24,25)26)2-6-20(29)27-7-9-28(10-8-27)21(30)15-3-5-18-19(12-15)32-13-31-18/h1-6,11-12H,7-10,13H2/b6-2+. The number of halogens is 4.